The Labute approximate surface area is 119 Å². The van der Waals surface area contributed by atoms with Crippen molar-refractivity contribution in [2.45, 2.75) is 26.0 Å². The molecular formula is C14H22ClNO3. The molecule has 1 aromatic rings. The molecule has 0 aromatic heterocycles. The SMILES string of the molecule is CCCNCc1ccc(OCC(O)COC)c(Cl)c1. The van der Waals surface area contributed by atoms with E-state index in [2.05, 4.69) is 12.2 Å². The zero-order chi connectivity index (χ0) is 14.1. The van der Waals surface area contributed by atoms with Gasteiger partial charge in [-0.3, -0.25) is 0 Å². The molecule has 0 radical (unpaired) electrons. The van der Waals surface area contributed by atoms with Crippen molar-refractivity contribution in [3.63, 3.8) is 0 Å². The summed E-state index contributed by atoms with van der Waals surface area (Å²) in [7, 11) is 1.54. The van der Waals surface area contributed by atoms with Crippen LogP contribution in [0, 0.1) is 0 Å². The molecular weight excluding hydrogens is 266 g/mol. The van der Waals surface area contributed by atoms with E-state index in [9.17, 15) is 5.11 Å². The van der Waals surface area contributed by atoms with Crippen LogP contribution in [0.4, 0.5) is 0 Å². The molecule has 1 rings (SSSR count). The smallest absolute Gasteiger partial charge is 0.138 e. The standard InChI is InChI=1S/C14H22ClNO3/c1-3-6-16-8-11-4-5-14(13(15)7-11)19-10-12(17)9-18-2/h4-5,7,12,16-17H,3,6,8-10H2,1-2H3. The summed E-state index contributed by atoms with van der Waals surface area (Å²) in [6, 6.07) is 5.67. The van der Waals surface area contributed by atoms with Crippen LogP contribution in [0.3, 0.4) is 0 Å². The van der Waals surface area contributed by atoms with Crippen molar-refractivity contribution < 1.29 is 14.6 Å². The fraction of sp³-hybridized carbons (Fsp3) is 0.571. The molecule has 0 aliphatic heterocycles. The number of methoxy groups -OCH3 is 1. The van der Waals surface area contributed by atoms with E-state index in [-0.39, 0.29) is 13.2 Å². The molecule has 19 heavy (non-hydrogen) atoms. The first-order valence-electron chi connectivity index (χ1n) is 6.46. The summed E-state index contributed by atoms with van der Waals surface area (Å²) in [5.41, 5.74) is 1.11. The van der Waals surface area contributed by atoms with Crippen LogP contribution in [0.25, 0.3) is 0 Å². The largest absolute Gasteiger partial charge is 0.489 e. The second-order valence-electron chi connectivity index (χ2n) is 4.36. The fourth-order valence-corrected chi connectivity index (χ4v) is 1.87. The van der Waals surface area contributed by atoms with Crippen molar-refractivity contribution in [1.82, 2.24) is 5.32 Å². The highest BCUT2D eigenvalue weighted by atomic mass is 35.5. The molecule has 1 aromatic carbocycles. The van der Waals surface area contributed by atoms with E-state index in [1.165, 1.54) is 7.11 Å². The van der Waals surface area contributed by atoms with Crippen molar-refractivity contribution in [2.75, 3.05) is 26.9 Å². The average Bonchev–Trinajstić information content (AvgIpc) is 2.38. The molecule has 0 aliphatic rings. The Morgan fingerprint density at radius 3 is 2.79 bits per heavy atom. The van der Waals surface area contributed by atoms with E-state index in [1.54, 1.807) is 0 Å². The molecule has 2 N–H and O–H groups in total. The van der Waals surface area contributed by atoms with E-state index in [1.807, 2.05) is 18.2 Å². The molecule has 0 saturated carbocycles. The van der Waals surface area contributed by atoms with Gasteiger partial charge in [-0.15, -0.1) is 0 Å². The number of aliphatic hydroxyl groups is 1. The molecule has 0 aliphatic carbocycles. The van der Waals surface area contributed by atoms with Crippen molar-refractivity contribution in [3.05, 3.63) is 28.8 Å². The van der Waals surface area contributed by atoms with Crippen molar-refractivity contribution >= 4 is 11.6 Å². The van der Waals surface area contributed by atoms with Gasteiger partial charge in [0.15, 0.2) is 0 Å². The molecule has 1 unspecified atom stereocenters. The lowest BCUT2D eigenvalue weighted by atomic mass is 10.2. The molecule has 1 atom stereocenters. The summed E-state index contributed by atoms with van der Waals surface area (Å²) in [6.45, 7) is 4.32. The number of halogens is 1. The number of aliphatic hydroxyl groups excluding tert-OH is 1. The average molecular weight is 288 g/mol. The zero-order valence-electron chi connectivity index (χ0n) is 11.5. The van der Waals surface area contributed by atoms with Crippen molar-refractivity contribution in [2.24, 2.45) is 0 Å². The maximum atomic E-state index is 9.50. The van der Waals surface area contributed by atoms with Crippen LogP contribution >= 0.6 is 11.6 Å². The Kier molecular flexibility index (Phi) is 7.82. The third-order valence-corrected chi connectivity index (χ3v) is 2.84. The second kappa shape index (κ2) is 9.15. The van der Waals surface area contributed by atoms with Crippen LogP contribution < -0.4 is 10.1 Å². The first-order chi connectivity index (χ1) is 9.17. The summed E-state index contributed by atoms with van der Waals surface area (Å²) < 4.78 is 10.3. The molecule has 0 bridgehead atoms. The van der Waals surface area contributed by atoms with E-state index in [0.717, 1.165) is 25.1 Å². The number of ether oxygens (including phenoxy) is 2. The predicted molar refractivity (Wildman–Crippen MR) is 76.8 cm³/mol. The summed E-state index contributed by atoms with van der Waals surface area (Å²) in [4.78, 5) is 0. The number of benzene rings is 1. The highest BCUT2D eigenvalue weighted by Crippen LogP contribution is 2.25. The zero-order valence-corrected chi connectivity index (χ0v) is 12.2. The highest BCUT2D eigenvalue weighted by molar-refractivity contribution is 6.32. The Morgan fingerprint density at radius 1 is 1.37 bits per heavy atom. The van der Waals surface area contributed by atoms with E-state index in [0.29, 0.717) is 10.8 Å². The van der Waals surface area contributed by atoms with Crippen LogP contribution in [0.15, 0.2) is 18.2 Å². The number of rotatable bonds is 9. The summed E-state index contributed by atoms with van der Waals surface area (Å²) >= 11 is 6.14. The van der Waals surface area contributed by atoms with E-state index in [4.69, 9.17) is 21.1 Å². The van der Waals surface area contributed by atoms with Gasteiger partial charge in [-0.1, -0.05) is 24.6 Å². The molecule has 0 fully saturated rings. The van der Waals surface area contributed by atoms with Crippen molar-refractivity contribution in [3.8, 4) is 5.75 Å². The maximum absolute atomic E-state index is 9.50. The topological polar surface area (TPSA) is 50.7 Å². The molecule has 4 nitrogen and oxygen atoms in total. The molecule has 0 heterocycles. The minimum atomic E-state index is -0.646. The first-order valence-corrected chi connectivity index (χ1v) is 6.84. The monoisotopic (exact) mass is 287 g/mol. The van der Waals surface area contributed by atoms with Gasteiger partial charge in [0.25, 0.3) is 0 Å². The third-order valence-electron chi connectivity index (χ3n) is 2.54. The lowest BCUT2D eigenvalue weighted by molar-refractivity contribution is 0.0326. The van der Waals surface area contributed by atoms with Crippen molar-refractivity contribution in [1.29, 1.82) is 0 Å². The van der Waals surface area contributed by atoms with E-state index < -0.39 is 6.10 Å². The van der Waals surface area contributed by atoms with Crippen LogP contribution in [0.2, 0.25) is 5.02 Å². The lowest BCUT2D eigenvalue weighted by Crippen LogP contribution is -2.22. The minimum absolute atomic E-state index is 0.168. The second-order valence-corrected chi connectivity index (χ2v) is 4.77. The molecule has 0 spiro atoms. The van der Waals surface area contributed by atoms with Gasteiger partial charge in [-0.25, -0.2) is 0 Å². The number of hydrogen-bond acceptors (Lipinski definition) is 4. The van der Waals surface area contributed by atoms with Gasteiger partial charge in [-0.05, 0) is 30.7 Å². The van der Waals surface area contributed by atoms with E-state index >= 15 is 0 Å². The van der Waals surface area contributed by atoms with Gasteiger partial charge >= 0.3 is 0 Å². The van der Waals surface area contributed by atoms with Gasteiger partial charge < -0.3 is 19.9 Å². The van der Waals surface area contributed by atoms with Gasteiger partial charge in [0.1, 0.15) is 18.5 Å². The molecule has 0 saturated heterocycles. The van der Waals surface area contributed by atoms with Gasteiger partial charge in [-0.2, -0.15) is 0 Å². The van der Waals surface area contributed by atoms with Gasteiger partial charge in [0, 0.05) is 13.7 Å². The molecule has 5 heteroatoms. The van der Waals surface area contributed by atoms with Crippen LogP contribution in [-0.2, 0) is 11.3 Å². The maximum Gasteiger partial charge on any atom is 0.138 e. The van der Waals surface area contributed by atoms with Gasteiger partial charge in [0.2, 0.25) is 0 Å². The minimum Gasteiger partial charge on any atom is -0.489 e. The number of hydrogen-bond donors (Lipinski definition) is 2. The summed E-state index contributed by atoms with van der Waals surface area (Å²) in [5, 5.41) is 13.4. The normalized spacial score (nSPS) is 12.4. The van der Waals surface area contributed by atoms with Crippen LogP contribution in [-0.4, -0.2) is 38.1 Å². The Morgan fingerprint density at radius 2 is 2.16 bits per heavy atom. The number of nitrogens with one attached hydrogen (secondary N) is 1. The Bertz CT molecular complexity index is 374. The predicted octanol–water partition coefficient (Wildman–Crippen LogP) is 2.23. The molecule has 0 amide bonds. The van der Waals surface area contributed by atoms with Crippen LogP contribution in [0.5, 0.6) is 5.75 Å². The first kappa shape index (κ1) is 16.2. The Balaban J connectivity index is 2.47. The summed E-state index contributed by atoms with van der Waals surface area (Å²) in [5.74, 6) is 0.580. The third kappa shape index (κ3) is 6.25. The Hall–Kier alpha value is -0.810. The van der Waals surface area contributed by atoms with Crippen LogP contribution in [0.1, 0.15) is 18.9 Å². The quantitative estimate of drug-likeness (QED) is 0.684. The molecule has 108 valence electrons. The fourth-order valence-electron chi connectivity index (χ4n) is 1.61. The van der Waals surface area contributed by atoms with Gasteiger partial charge in [0.05, 0.1) is 11.6 Å². The highest BCUT2D eigenvalue weighted by Gasteiger charge is 2.07. The lowest BCUT2D eigenvalue weighted by Gasteiger charge is -2.13. The summed E-state index contributed by atoms with van der Waals surface area (Å²) in [6.07, 6.45) is 0.457.